The molecule has 1 aliphatic rings. The molecule has 0 unspecified atom stereocenters. The molecule has 126 valence electrons. The Hall–Kier alpha value is -1.26. The van der Waals surface area contributed by atoms with Crippen LogP contribution in [0.25, 0.3) is 6.08 Å². The van der Waals surface area contributed by atoms with Crippen LogP contribution in [0.1, 0.15) is 53.5 Å². The van der Waals surface area contributed by atoms with Crippen LogP contribution in [0.2, 0.25) is 0 Å². The molecular weight excluding hydrogens is 287 g/mol. The Morgan fingerprint density at radius 2 is 1.74 bits per heavy atom. The van der Waals surface area contributed by atoms with Crippen LogP contribution in [0.15, 0.2) is 24.3 Å². The minimum absolute atomic E-state index is 0.348. The topological polar surface area (TPSA) is 27.7 Å². The molecule has 0 aliphatic carbocycles. The van der Waals surface area contributed by atoms with Gasteiger partial charge in [0.25, 0.3) is 0 Å². The standard InChI is InChI=1S/C19H29BO3/c1-14(2)10-8-11-15-16(12-9-13-17(15)21-7)20-22-18(3,4)19(5,6)23-20/h8-9,11-14H,10H2,1-7H3/b11-8+. The summed E-state index contributed by atoms with van der Waals surface area (Å²) in [6, 6.07) is 6.02. The lowest BCUT2D eigenvalue weighted by Gasteiger charge is -2.32. The van der Waals surface area contributed by atoms with Crippen molar-refractivity contribution in [2.24, 2.45) is 5.92 Å². The van der Waals surface area contributed by atoms with Crippen LogP contribution in [-0.4, -0.2) is 25.4 Å². The van der Waals surface area contributed by atoms with Gasteiger partial charge in [0.05, 0.1) is 18.3 Å². The van der Waals surface area contributed by atoms with Crippen molar-refractivity contribution in [3.8, 4) is 5.75 Å². The highest BCUT2D eigenvalue weighted by molar-refractivity contribution is 6.63. The minimum Gasteiger partial charge on any atom is -0.496 e. The van der Waals surface area contributed by atoms with Gasteiger partial charge in [0.2, 0.25) is 0 Å². The van der Waals surface area contributed by atoms with E-state index in [2.05, 4.69) is 59.8 Å². The second-order valence-corrected chi connectivity index (χ2v) is 7.58. The Kier molecular flexibility index (Phi) is 5.27. The molecule has 0 bridgehead atoms. The zero-order valence-electron chi connectivity index (χ0n) is 15.5. The Morgan fingerprint density at radius 3 is 2.26 bits per heavy atom. The summed E-state index contributed by atoms with van der Waals surface area (Å²) in [7, 11) is 1.32. The Morgan fingerprint density at radius 1 is 1.13 bits per heavy atom. The molecule has 0 atom stereocenters. The predicted octanol–water partition coefficient (Wildman–Crippen LogP) is 4.05. The van der Waals surface area contributed by atoms with E-state index in [1.165, 1.54) is 0 Å². The number of allylic oxidation sites excluding steroid dienone is 1. The fraction of sp³-hybridized carbons (Fsp3) is 0.579. The van der Waals surface area contributed by atoms with E-state index in [-0.39, 0.29) is 18.3 Å². The largest absolute Gasteiger partial charge is 0.496 e. The van der Waals surface area contributed by atoms with Crippen LogP contribution < -0.4 is 10.2 Å². The van der Waals surface area contributed by atoms with Gasteiger partial charge in [-0.3, -0.25) is 0 Å². The lowest BCUT2D eigenvalue weighted by atomic mass is 9.75. The zero-order valence-corrected chi connectivity index (χ0v) is 15.5. The molecule has 4 heteroatoms. The number of methoxy groups -OCH3 is 1. The monoisotopic (exact) mass is 316 g/mol. The van der Waals surface area contributed by atoms with E-state index in [1.807, 2.05) is 12.1 Å². The maximum absolute atomic E-state index is 6.21. The quantitative estimate of drug-likeness (QED) is 0.767. The number of hydrogen-bond acceptors (Lipinski definition) is 3. The highest BCUT2D eigenvalue weighted by atomic mass is 16.7. The molecule has 1 aromatic rings. The first-order chi connectivity index (χ1) is 10.7. The number of benzene rings is 1. The zero-order chi connectivity index (χ0) is 17.3. The van der Waals surface area contributed by atoms with Gasteiger partial charge in [-0.05, 0) is 51.6 Å². The SMILES string of the molecule is COc1cccc(B2OC(C)(C)C(C)(C)O2)c1/C=C/CC(C)C. The highest BCUT2D eigenvalue weighted by Crippen LogP contribution is 2.37. The van der Waals surface area contributed by atoms with E-state index in [0.717, 1.165) is 23.2 Å². The Bertz CT molecular complexity index is 560. The van der Waals surface area contributed by atoms with Crippen LogP contribution in [-0.2, 0) is 9.31 Å². The van der Waals surface area contributed by atoms with Crippen molar-refractivity contribution in [1.82, 2.24) is 0 Å². The molecule has 1 saturated heterocycles. The molecule has 1 heterocycles. The molecule has 2 rings (SSSR count). The average Bonchev–Trinajstić information content (AvgIpc) is 2.67. The average molecular weight is 316 g/mol. The van der Waals surface area contributed by atoms with Crippen LogP contribution >= 0.6 is 0 Å². The molecule has 23 heavy (non-hydrogen) atoms. The fourth-order valence-electron chi connectivity index (χ4n) is 2.55. The lowest BCUT2D eigenvalue weighted by Crippen LogP contribution is -2.41. The van der Waals surface area contributed by atoms with Gasteiger partial charge >= 0.3 is 7.12 Å². The summed E-state index contributed by atoms with van der Waals surface area (Å²) >= 11 is 0. The third kappa shape index (κ3) is 3.81. The van der Waals surface area contributed by atoms with Crippen molar-refractivity contribution in [3.63, 3.8) is 0 Å². The van der Waals surface area contributed by atoms with Crippen molar-refractivity contribution in [3.05, 3.63) is 29.8 Å². The molecule has 0 amide bonds. The number of rotatable bonds is 5. The molecule has 1 fully saturated rings. The Labute approximate surface area is 141 Å². The van der Waals surface area contributed by atoms with E-state index in [0.29, 0.717) is 5.92 Å². The first kappa shape index (κ1) is 18.1. The van der Waals surface area contributed by atoms with Crippen molar-refractivity contribution < 1.29 is 14.0 Å². The van der Waals surface area contributed by atoms with E-state index >= 15 is 0 Å². The number of hydrogen-bond donors (Lipinski definition) is 0. The van der Waals surface area contributed by atoms with Crippen LogP contribution in [0.3, 0.4) is 0 Å². The summed E-state index contributed by atoms with van der Waals surface area (Å²) in [6.07, 6.45) is 5.34. The first-order valence-electron chi connectivity index (χ1n) is 8.37. The number of ether oxygens (including phenoxy) is 1. The summed E-state index contributed by atoms with van der Waals surface area (Å²) in [4.78, 5) is 0. The van der Waals surface area contributed by atoms with Crippen molar-refractivity contribution in [2.45, 2.75) is 59.2 Å². The summed E-state index contributed by atoms with van der Waals surface area (Å²) in [5.41, 5.74) is 1.36. The van der Waals surface area contributed by atoms with E-state index in [9.17, 15) is 0 Å². The van der Waals surface area contributed by atoms with E-state index in [1.54, 1.807) is 7.11 Å². The van der Waals surface area contributed by atoms with Crippen LogP contribution in [0.5, 0.6) is 5.75 Å². The molecule has 1 aliphatic heterocycles. The van der Waals surface area contributed by atoms with Gasteiger partial charge in [-0.15, -0.1) is 0 Å². The van der Waals surface area contributed by atoms with E-state index in [4.69, 9.17) is 14.0 Å². The summed E-state index contributed by atoms with van der Waals surface area (Å²) in [5, 5.41) is 0. The van der Waals surface area contributed by atoms with Gasteiger partial charge < -0.3 is 14.0 Å². The van der Waals surface area contributed by atoms with Crippen LogP contribution in [0, 0.1) is 5.92 Å². The van der Waals surface area contributed by atoms with Crippen molar-refractivity contribution in [1.29, 1.82) is 0 Å². The summed E-state index contributed by atoms with van der Waals surface area (Å²) in [6.45, 7) is 12.7. The van der Waals surface area contributed by atoms with E-state index < -0.39 is 0 Å². The van der Waals surface area contributed by atoms with Gasteiger partial charge in [-0.2, -0.15) is 0 Å². The van der Waals surface area contributed by atoms with Gasteiger partial charge in [0.1, 0.15) is 5.75 Å². The smallest absolute Gasteiger partial charge is 0.495 e. The maximum atomic E-state index is 6.21. The fourth-order valence-corrected chi connectivity index (χ4v) is 2.55. The Balaban J connectivity index is 2.38. The summed E-state index contributed by atoms with van der Waals surface area (Å²) in [5.74, 6) is 1.47. The third-order valence-corrected chi connectivity index (χ3v) is 4.72. The normalized spacial score (nSPS) is 19.7. The molecule has 1 aromatic carbocycles. The van der Waals surface area contributed by atoms with Crippen molar-refractivity contribution in [2.75, 3.05) is 7.11 Å². The first-order valence-corrected chi connectivity index (χ1v) is 8.37. The minimum atomic E-state index is -0.381. The second kappa shape index (κ2) is 6.70. The third-order valence-electron chi connectivity index (χ3n) is 4.72. The molecule has 0 spiro atoms. The van der Waals surface area contributed by atoms with Crippen molar-refractivity contribution >= 4 is 18.7 Å². The molecule has 3 nitrogen and oxygen atoms in total. The van der Waals surface area contributed by atoms with Gasteiger partial charge in [-0.25, -0.2) is 0 Å². The molecule has 0 saturated carbocycles. The maximum Gasteiger partial charge on any atom is 0.495 e. The molecular formula is C19H29BO3. The van der Waals surface area contributed by atoms with Gasteiger partial charge in [0.15, 0.2) is 0 Å². The predicted molar refractivity (Wildman–Crippen MR) is 97.2 cm³/mol. The molecule has 0 aromatic heterocycles. The summed E-state index contributed by atoms with van der Waals surface area (Å²) < 4.78 is 18.0. The van der Waals surface area contributed by atoms with Gasteiger partial charge in [0, 0.05) is 5.56 Å². The second-order valence-electron chi connectivity index (χ2n) is 7.58. The van der Waals surface area contributed by atoms with Crippen LogP contribution in [0.4, 0.5) is 0 Å². The highest BCUT2D eigenvalue weighted by Gasteiger charge is 2.52. The van der Waals surface area contributed by atoms with Gasteiger partial charge in [-0.1, -0.05) is 38.1 Å². The molecule has 0 radical (unpaired) electrons. The lowest BCUT2D eigenvalue weighted by molar-refractivity contribution is 0.00578. The molecule has 0 N–H and O–H groups in total.